The number of anilines is 1. The Kier molecular flexibility index (Phi) is 4.12. The molecule has 17 heavy (non-hydrogen) atoms. The summed E-state index contributed by atoms with van der Waals surface area (Å²) >= 11 is 1.62. The first-order valence-electron chi connectivity index (χ1n) is 6.24. The average molecular weight is 253 g/mol. The summed E-state index contributed by atoms with van der Waals surface area (Å²) in [5, 5.41) is 3.63. The molecule has 4 nitrogen and oxygen atoms in total. The molecule has 1 aromatic heterocycles. The summed E-state index contributed by atoms with van der Waals surface area (Å²) in [4.78, 5) is 17.7. The zero-order chi connectivity index (χ0) is 12.3. The fraction of sp³-hybridized carbons (Fsp3) is 0.667. The molecule has 1 aliphatic rings. The van der Waals surface area contributed by atoms with Gasteiger partial charge in [0, 0.05) is 11.4 Å². The number of amides is 1. The predicted molar refractivity (Wildman–Crippen MR) is 70.2 cm³/mol. The number of nitrogens with zero attached hydrogens (tertiary/aromatic N) is 1. The number of hydrogen-bond acceptors (Lipinski definition) is 4. The minimum absolute atomic E-state index is 0.00102. The predicted octanol–water partition coefficient (Wildman–Crippen LogP) is 1.95. The minimum Gasteiger partial charge on any atom is -0.330 e. The van der Waals surface area contributed by atoms with Crippen molar-refractivity contribution in [3.8, 4) is 0 Å². The van der Waals surface area contributed by atoms with Crippen molar-refractivity contribution in [1.29, 1.82) is 0 Å². The van der Waals surface area contributed by atoms with Crippen LogP contribution in [0.25, 0.3) is 0 Å². The molecule has 0 bridgehead atoms. The SMILES string of the molecule is CCC(CN)C(=O)Nc1nc2c(s1)CCCC2. The molecule has 94 valence electrons. The van der Waals surface area contributed by atoms with E-state index in [1.807, 2.05) is 6.92 Å². The smallest absolute Gasteiger partial charge is 0.230 e. The number of hydrogen-bond donors (Lipinski definition) is 2. The minimum atomic E-state index is -0.101. The molecule has 0 radical (unpaired) electrons. The number of nitrogens with one attached hydrogen (secondary N) is 1. The summed E-state index contributed by atoms with van der Waals surface area (Å²) < 4.78 is 0. The van der Waals surface area contributed by atoms with Gasteiger partial charge in [0.2, 0.25) is 5.91 Å². The number of nitrogens with two attached hydrogens (primary N) is 1. The number of thiazole rings is 1. The number of carbonyl (C=O) groups is 1. The van der Waals surface area contributed by atoms with Crippen LogP contribution in [0.1, 0.15) is 36.8 Å². The van der Waals surface area contributed by atoms with Crippen LogP contribution >= 0.6 is 11.3 Å². The monoisotopic (exact) mass is 253 g/mol. The van der Waals surface area contributed by atoms with Gasteiger partial charge in [0.15, 0.2) is 5.13 Å². The maximum absolute atomic E-state index is 11.9. The molecule has 1 aromatic rings. The molecule has 1 atom stereocenters. The maximum Gasteiger partial charge on any atom is 0.230 e. The van der Waals surface area contributed by atoms with Crippen LogP contribution in [-0.2, 0) is 17.6 Å². The Balaban J connectivity index is 2.03. The number of aryl methyl sites for hydroxylation is 2. The van der Waals surface area contributed by atoms with E-state index < -0.39 is 0 Å². The van der Waals surface area contributed by atoms with Gasteiger partial charge in [-0.25, -0.2) is 4.98 Å². The van der Waals surface area contributed by atoms with E-state index in [2.05, 4.69) is 10.3 Å². The molecule has 0 fully saturated rings. The van der Waals surface area contributed by atoms with E-state index in [1.54, 1.807) is 11.3 Å². The van der Waals surface area contributed by atoms with Crippen molar-refractivity contribution >= 4 is 22.4 Å². The molecule has 1 heterocycles. The van der Waals surface area contributed by atoms with Crippen LogP contribution in [0.15, 0.2) is 0 Å². The second kappa shape index (κ2) is 5.60. The van der Waals surface area contributed by atoms with Crippen LogP contribution in [0, 0.1) is 5.92 Å². The molecule has 3 N–H and O–H groups in total. The summed E-state index contributed by atoms with van der Waals surface area (Å²) in [6.07, 6.45) is 5.38. The van der Waals surface area contributed by atoms with Crippen LogP contribution in [0.4, 0.5) is 5.13 Å². The highest BCUT2D eigenvalue weighted by Crippen LogP contribution is 2.29. The molecule has 0 spiro atoms. The largest absolute Gasteiger partial charge is 0.330 e. The van der Waals surface area contributed by atoms with Crippen LogP contribution in [0.3, 0.4) is 0 Å². The van der Waals surface area contributed by atoms with Crippen molar-refractivity contribution in [3.63, 3.8) is 0 Å². The average Bonchev–Trinajstić information content (AvgIpc) is 2.72. The van der Waals surface area contributed by atoms with Gasteiger partial charge in [-0.2, -0.15) is 0 Å². The lowest BCUT2D eigenvalue weighted by Crippen LogP contribution is -2.28. The lowest BCUT2D eigenvalue weighted by Gasteiger charge is -2.10. The van der Waals surface area contributed by atoms with Gasteiger partial charge in [0.25, 0.3) is 0 Å². The second-order valence-corrected chi connectivity index (χ2v) is 5.51. The van der Waals surface area contributed by atoms with Crippen molar-refractivity contribution in [2.45, 2.75) is 39.0 Å². The van der Waals surface area contributed by atoms with Gasteiger partial charge < -0.3 is 11.1 Å². The standard InChI is InChI=1S/C12H19N3OS/c1-2-8(7-13)11(16)15-12-14-9-5-3-4-6-10(9)17-12/h8H,2-7,13H2,1H3,(H,14,15,16). The molecule has 0 aromatic carbocycles. The third-order valence-electron chi connectivity index (χ3n) is 3.22. The van der Waals surface area contributed by atoms with Gasteiger partial charge >= 0.3 is 0 Å². The Bertz CT molecular complexity index is 375. The van der Waals surface area contributed by atoms with Gasteiger partial charge in [0.1, 0.15) is 0 Å². The summed E-state index contributed by atoms with van der Waals surface area (Å²) in [6, 6.07) is 0. The molecule has 0 saturated carbocycles. The van der Waals surface area contributed by atoms with E-state index in [0.29, 0.717) is 6.54 Å². The van der Waals surface area contributed by atoms with E-state index in [1.165, 1.54) is 23.4 Å². The van der Waals surface area contributed by atoms with Gasteiger partial charge in [0.05, 0.1) is 11.6 Å². The molecule has 0 saturated heterocycles. The Labute approximate surface area is 106 Å². The molecule has 0 aliphatic heterocycles. The Morgan fingerprint density at radius 2 is 2.29 bits per heavy atom. The Morgan fingerprint density at radius 3 is 2.94 bits per heavy atom. The zero-order valence-electron chi connectivity index (χ0n) is 10.2. The van der Waals surface area contributed by atoms with Gasteiger partial charge in [-0.15, -0.1) is 11.3 Å². The molecular formula is C12H19N3OS. The first kappa shape index (κ1) is 12.5. The van der Waals surface area contributed by atoms with E-state index in [0.717, 1.165) is 24.4 Å². The number of rotatable bonds is 4. The fourth-order valence-corrected chi connectivity index (χ4v) is 3.12. The van der Waals surface area contributed by atoms with Crippen molar-refractivity contribution in [1.82, 2.24) is 4.98 Å². The molecule has 1 unspecified atom stereocenters. The zero-order valence-corrected chi connectivity index (χ0v) is 11.0. The topological polar surface area (TPSA) is 68.0 Å². The first-order valence-corrected chi connectivity index (χ1v) is 7.05. The van der Waals surface area contributed by atoms with Crippen molar-refractivity contribution in [2.24, 2.45) is 11.7 Å². The molecule has 5 heteroatoms. The highest BCUT2D eigenvalue weighted by Gasteiger charge is 2.19. The van der Waals surface area contributed by atoms with Crippen LogP contribution in [0.5, 0.6) is 0 Å². The number of carbonyl (C=O) groups excluding carboxylic acids is 1. The highest BCUT2D eigenvalue weighted by molar-refractivity contribution is 7.15. The van der Waals surface area contributed by atoms with Crippen LogP contribution in [0.2, 0.25) is 0 Å². The van der Waals surface area contributed by atoms with Gasteiger partial charge in [-0.1, -0.05) is 6.92 Å². The van der Waals surface area contributed by atoms with E-state index in [4.69, 9.17) is 5.73 Å². The fourth-order valence-electron chi connectivity index (χ4n) is 2.07. The molecule has 2 rings (SSSR count). The normalized spacial score (nSPS) is 16.4. The van der Waals surface area contributed by atoms with E-state index in [-0.39, 0.29) is 11.8 Å². The third kappa shape index (κ3) is 2.84. The Morgan fingerprint density at radius 1 is 1.53 bits per heavy atom. The quantitative estimate of drug-likeness (QED) is 0.861. The molecule has 1 aliphatic carbocycles. The molecule has 1 amide bonds. The van der Waals surface area contributed by atoms with Crippen molar-refractivity contribution in [2.75, 3.05) is 11.9 Å². The first-order chi connectivity index (χ1) is 8.24. The molecular weight excluding hydrogens is 234 g/mol. The van der Waals surface area contributed by atoms with Crippen molar-refractivity contribution in [3.05, 3.63) is 10.6 Å². The summed E-state index contributed by atoms with van der Waals surface area (Å²) in [5.41, 5.74) is 6.74. The van der Waals surface area contributed by atoms with Gasteiger partial charge in [-0.05, 0) is 32.1 Å². The second-order valence-electron chi connectivity index (χ2n) is 4.43. The summed E-state index contributed by atoms with van der Waals surface area (Å²) in [7, 11) is 0. The van der Waals surface area contributed by atoms with Crippen LogP contribution in [-0.4, -0.2) is 17.4 Å². The van der Waals surface area contributed by atoms with E-state index >= 15 is 0 Å². The number of aromatic nitrogens is 1. The summed E-state index contributed by atoms with van der Waals surface area (Å²) in [6.45, 7) is 2.37. The van der Waals surface area contributed by atoms with E-state index in [9.17, 15) is 4.79 Å². The number of fused-ring (bicyclic) bond motifs is 1. The maximum atomic E-state index is 11.9. The van der Waals surface area contributed by atoms with Crippen LogP contribution < -0.4 is 11.1 Å². The highest BCUT2D eigenvalue weighted by atomic mass is 32.1. The Hall–Kier alpha value is -0.940. The lowest BCUT2D eigenvalue weighted by atomic mass is 10.0. The lowest BCUT2D eigenvalue weighted by molar-refractivity contribution is -0.119. The van der Waals surface area contributed by atoms with Crippen molar-refractivity contribution < 1.29 is 4.79 Å². The van der Waals surface area contributed by atoms with Gasteiger partial charge in [-0.3, -0.25) is 4.79 Å². The summed E-state index contributed by atoms with van der Waals surface area (Å²) in [5.74, 6) is -0.1000. The third-order valence-corrected chi connectivity index (χ3v) is 4.30.